The number of β-lactam (4-membered cyclic amide) rings is 1. The van der Waals surface area contributed by atoms with E-state index in [0.29, 0.717) is 0 Å². The minimum absolute atomic E-state index is 0.0130. The summed E-state index contributed by atoms with van der Waals surface area (Å²) in [5.74, 6) is -0.344. The molecule has 2 heterocycles. The molecule has 3 atom stereocenters. The fraction of sp³-hybridized carbons (Fsp3) is 0.800. The fourth-order valence-corrected chi connectivity index (χ4v) is 4.06. The van der Waals surface area contributed by atoms with Gasteiger partial charge in [-0.15, -0.1) is 11.8 Å². The van der Waals surface area contributed by atoms with Gasteiger partial charge in [-0.3, -0.25) is 4.79 Å². The second kappa shape index (κ2) is 3.63. The van der Waals surface area contributed by atoms with Crippen LogP contribution in [0.2, 0.25) is 0 Å². The maximum absolute atomic E-state index is 11.8. The molecule has 1 amide bonds. The second-order valence-corrected chi connectivity index (χ2v) is 6.32. The predicted octanol–water partition coefficient (Wildman–Crippen LogP) is -0.190. The average Bonchev–Trinajstić information content (AvgIpc) is 2.47. The molecule has 0 saturated carbocycles. The molecule has 6 heteroatoms. The molecule has 0 bridgehead atoms. The zero-order valence-electron chi connectivity index (χ0n) is 9.81. The van der Waals surface area contributed by atoms with Gasteiger partial charge in [0, 0.05) is 4.75 Å². The van der Waals surface area contributed by atoms with Crippen molar-refractivity contribution in [2.75, 3.05) is 14.2 Å². The van der Waals surface area contributed by atoms with Crippen LogP contribution in [0.5, 0.6) is 0 Å². The summed E-state index contributed by atoms with van der Waals surface area (Å²) in [5.41, 5.74) is 0. The Morgan fingerprint density at radius 3 is 2.69 bits per heavy atom. The van der Waals surface area contributed by atoms with Crippen LogP contribution >= 0.6 is 11.8 Å². The van der Waals surface area contributed by atoms with E-state index in [1.807, 2.05) is 13.8 Å². The lowest BCUT2D eigenvalue weighted by molar-refractivity contribution is -0.161. The lowest BCUT2D eigenvalue weighted by Gasteiger charge is -2.43. The maximum Gasteiger partial charge on any atom is 0.330 e. The molecule has 2 aliphatic rings. The van der Waals surface area contributed by atoms with Crippen molar-refractivity contribution in [2.24, 2.45) is 0 Å². The lowest BCUT2D eigenvalue weighted by atomic mass is 9.96. The highest BCUT2D eigenvalue weighted by Gasteiger charge is 2.63. The Hall–Kier alpha value is -0.750. The number of rotatable bonds is 2. The van der Waals surface area contributed by atoms with Crippen LogP contribution in [0.4, 0.5) is 0 Å². The lowest BCUT2D eigenvalue weighted by Crippen LogP contribution is -2.69. The van der Waals surface area contributed by atoms with Gasteiger partial charge in [0.25, 0.3) is 0 Å². The number of thioether (sulfide) groups is 1. The second-order valence-electron chi connectivity index (χ2n) is 4.55. The van der Waals surface area contributed by atoms with Crippen molar-refractivity contribution >= 4 is 23.6 Å². The van der Waals surface area contributed by atoms with Crippen molar-refractivity contribution in [3.05, 3.63) is 0 Å². The molecule has 2 aliphatic heterocycles. The molecule has 2 fully saturated rings. The van der Waals surface area contributed by atoms with Crippen LogP contribution in [-0.4, -0.2) is 53.1 Å². The van der Waals surface area contributed by atoms with Crippen molar-refractivity contribution < 1.29 is 14.3 Å². The van der Waals surface area contributed by atoms with Crippen LogP contribution in [0, 0.1) is 0 Å². The van der Waals surface area contributed by atoms with E-state index in [0.717, 1.165) is 0 Å². The minimum atomic E-state index is -0.468. The third-order valence-corrected chi connectivity index (χ3v) is 4.75. The van der Waals surface area contributed by atoms with Crippen LogP contribution in [0.15, 0.2) is 0 Å². The predicted molar refractivity (Wildman–Crippen MR) is 61.0 cm³/mol. The highest BCUT2D eigenvalue weighted by Crippen LogP contribution is 2.50. The number of esters is 1. The molecule has 5 nitrogen and oxygen atoms in total. The number of likely N-dealkylation sites (N-methyl/N-ethyl adjacent to an activating group) is 1. The monoisotopic (exact) mass is 244 g/mol. The summed E-state index contributed by atoms with van der Waals surface area (Å²) in [6.07, 6.45) is 0. The molecule has 0 spiro atoms. The first-order valence-electron chi connectivity index (χ1n) is 5.19. The molecule has 0 aromatic heterocycles. The van der Waals surface area contributed by atoms with Crippen LogP contribution in [0.3, 0.4) is 0 Å². The van der Waals surface area contributed by atoms with Crippen LogP contribution in [0.1, 0.15) is 13.8 Å². The fourth-order valence-electron chi connectivity index (χ4n) is 2.37. The van der Waals surface area contributed by atoms with Crippen LogP contribution in [0.25, 0.3) is 0 Å². The van der Waals surface area contributed by atoms with E-state index in [9.17, 15) is 9.59 Å². The molecule has 2 rings (SSSR count). The summed E-state index contributed by atoms with van der Waals surface area (Å²) in [5, 5.41) is 3.03. The maximum atomic E-state index is 11.8. The first kappa shape index (κ1) is 11.7. The van der Waals surface area contributed by atoms with Gasteiger partial charge >= 0.3 is 5.97 Å². The van der Waals surface area contributed by atoms with Gasteiger partial charge in [-0.25, -0.2) is 4.79 Å². The first-order chi connectivity index (χ1) is 7.44. The molecule has 1 N–H and O–H groups in total. The molecule has 0 radical (unpaired) electrons. The molecular weight excluding hydrogens is 228 g/mol. The Kier molecular flexibility index (Phi) is 2.66. The van der Waals surface area contributed by atoms with E-state index in [2.05, 4.69) is 5.32 Å². The Bertz CT molecular complexity index is 345. The summed E-state index contributed by atoms with van der Waals surface area (Å²) in [4.78, 5) is 25.2. The molecule has 0 aliphatic carbocycles. The van der Waals surface area contributed by atoms with Gasteiger partial charge in [0.15, 0.2) is 0 Å². The van der Waals surface area contributed by atoms with E-state index in [1.165, 1.54) is 7.11 Å². The normalized spacial score (nSPS) is 35.6. The highest BCUT2D eigenvalue weighted by molar-refractivity contribution is 8.01. The van der Waals surface area contributed by atoms with Gasteiger partial charge < -0.3 is 15.0 Å². The largest absolute Gasteiger partial charge is 0.467 e. The number of fused-ring (bicyclic) bond motifs is 1. The van der Waals surface area contributed by atoms with Crippen LogP contribution < -0.4 is 5.32 Å². The van der Waals surface area contributed by atoms with E-state index < -0.39 is 6.04 Å². The summed E-state index contributed by atoms with van der Waals surface area (Å²) in [7, 11) is 3.12. The Labute approximate surface area is 98.9 Å². The van der Waals surface area contributed by atoms with Crippen LogP contribution in [-0.2, 0) is 14.3 Å². The quantitative estimate of drug-likeness (QED) is 0.539. The number of methoxy groups -OCH3 is 1. The Morgan fingerprint density at radius 2 is 2.19 bits per heavy atom. The number of nitrogens with one attached hydrogen (secondary N) is 1. The highest BCUT2D eigenvalue weighted by atomic mass is 32.2. The van der Waals surface area contributed by atoms with Crippen molar-refractivity contribution in [2.45, 2.75) is 36.1 Å². The molecule has 16 heavy (non-hydrogen) atoms. The van der Waals surface area contributed by atoms with Crippen molar-refractivity contribution in [1.29, 1.82) is 0 Å². The Morgan fingerprint density at radius 1 is 1.56 bits per heavy atom. The summed E-state index contributed by atoms with van der Waals surface area (Å²) < 4.78 is 4.48. The van der Waals surface area contributed by atoms with Crippen molar-refractivity contribution in [1.82, 2.24) is 10.2 Å². The smallest absolute Gasteiger partial charge is 0.330 e. The van der Waals surface area contributed by atoms with Gasteiger partial charge in [0.2, 0.25) is 5.91 Å². The standard InChI is InChI=1S/C10H16N2O3S/c1-10(2)6(9(14)15-4)12-7(13)5(11-3)8(12)16-10/h5-6,8,11H,1-4H3/t5-,6+,8-/m1/s1. The Balaban J connectivity index is 2.26. The zero-order valence-corrected chi connectivity index (χ0v) is 10.6. The van der Waals surface area contributed by atoms with E-state index in [4.69, 9.17) is 4.74 Å². The number of hydrogen-bond acceptors (Lipinski definition) is 5. The van der Waals surface area contributed by atoms with Crippen molar-refractivity contribution in [3.63, 3.8) is 0 Å². The third kappa shape index (κ3) is 1.36. The van der Waals surface area contributed by atoms with Crippen molar-refractivity contribution in [3.8, 4) is 0 Å². The van der Waals surface area contributed by atoms with Gasteiger partial charge in [-0.2, -0.15) is 0 Å². The molecule has 2 saturated heterocycles. The van der Waals surface area contributed by atoms with Gasteiger partial charge in [-0.1, -0.05) is 0 Å². The summed E-state index contributed by atoms with van der Waals surface area (Å²) in [6.45, 7) is 3.94. The molecule has 90 valence electrons. The van der Waals surface area contributed by atoms with Gasteiger partial charge in [-0.05, 0) is 20.9 Å². The van der Waals surface area contributed by atoms with Gasteiger partial charge in [0.1, 0.15) is 17.5 Å². The number of amides is 1. The average molecular weight is 244 g/mol. The topological polar surface area (TPSA) is 58.6 Å². The summed E-state index contributed by atoms with van der Waals surface area (Å²) >= 11 is 1.65. The SMILES string of the molecule is CN[C@@H]1C(=O)N2[C@@H]1SC(C)(C)[C@@H]2C(=O)OC. The molecular formula is C10H16N2O3S. The van der Waals surface area contributed by atoms with E-state index >= 15 is 0 Å². The molecule has 0 aromatic carbocycles. The zero-order chi connectivity index (χ0) is 12.1. The summed E-state index contributed by atoms with van der Waals surface area (Å²) in [6, 6.07) is -0.636. The van der Waals surface area contributed by atoms with E-state index in [1.54, 1.807) is 23.7 Å². The number of hydrogen-bond donors (Lipinski definition) is 1. The molecule has 0 unspecified atom stereocenters. The number of carbonyl (C=O) groups is 2. The number of carbonyl (C=O) groups excluding carboxylic acids is 2. The van der Waals surface area contributed by atoms with Gasteiger partial charge in [0.05, 0.1) is 7.11 Å². The number of nitrogens with zero attached hydrogens (tertiary/aromatic N) is 1. The molecule has 0 aromatic rings. The number of ether oxygens (including phenoxy) is 1. The van der Waals surface area contributed by atoms with E-state index in [-0.39, 0.29) is 28.0 Å². The third-order valence-electron chi connectivity index (χ3n) is 3.18. The first-order valence-corrected chi connectivity index (χ1v) is 6.07. The minimum Gasteiger partial charge on any atom is -0.467 e.